The molecule has 1 aromatic carbocycles. The first-order chi connectivity index (χ1) is 9.10. The quantitative estimate of drug-likeness (QED) is 0.709. The highest BCUT2D eigenvalue weighted by atomic mass is 19.1. The van der Waals surface area contributed by atoms with E-state index < -0.39 is 17.7 Å². The van der Waals surface area contributed by atoms with Crippen LogP contribution in [0.3, 0.4) is 0 Å². The van der Waals surface area contributed by atoms with E-state index in [1.54, 1.807) is 0 Å². The second kappa shape index (κ2) is 8.02. The first kappa shape index (κ1) is 15.8. The van der Waals surface area contributed by atoms with Crippen LogP contribution in [0.5, 0.6) is 0 Å². The second-order valence-corrected chi connectivity index (χ2v) is 4.53. The van der Waals surface area contributed by atoms with E-state index in [1.165, 1.54) is 6.07 Å². The Morgan fingerprint density at radius 2 is 2.00 bits per heavy atom. The third-order valence-corrected chi connectivity index (χ3v) is 3.14. The molecule has 0 aliphatic carbocycles. The largest absolute Gasteiger partial charge is 0.387 e. The number of hydrogen-bond acceptors (Lipinski definition) is 2. The van der Waals surface area contributed by atoms with Crippen LogP contribution in [-0.4, -0.2) is 17.7 Å². The fourth-order valence-electron chi connectivity index (χ4n) is 1.98. The Hall–Kier alpha value is -1.26. The van der Waals surface area contributed by atoms with Crippen molar-refractivity contribution in [3.8, 4) is 0 Å². The van der Waals surface area contributed by atoms with Crippen LogP contribution in [0.2, 0.25) is 0 Å². The molecule has 0 heterocycles. The Kier molecular flexibility index (Phi) is 6.67. The minimum Gasteiger partial charge on any atom is -0.387 e. The molecule has 2 atom stereocenters. The number of halogens is 2. The molecule has 0 fully saturated rings. The topological polar surface area (TPSA) is 32.3 Å². The lowest BCUT2D eigenvalue weighted by Crippen LogP contribution is -2.32. The van der Waals surface area contributed by atoms with Gasteiger partial charge in [-0.2, -0.15) is 0 Å². The number of benzene rings is 1. The van der Waals surface area contributed by atoms with Crippen molar-refractivity contribution >= 4 is 0 Å². The molecule has 0 radical (unpaired) electrons. The zero-order chi connectivity index (χ0) is 14.3. The first-order valence-electron chi connectivity index (χ1n) is 6.56. The molecule has 2 N–H and O–H groups in total. The molecule has 106 valence electrons. The van der Waals surface area contributed by atoms with E-state index >= 15 is 0 Å². The molecule has 1 aromatic rings. The highest BCUT2D eigenvalue weighted by Crippen LogP contribution is 2.20. The lowest BCUT2D eigenvalue weighted by molar-refractivity contribution is 0.159. The van der Waals surface area contributed by atoms with Crippen LogP contribution >= 0.6 is 0 Å². The second-order valence-electron chi connectivity index (χ2n) is 4.53. The Morgan fingerprint density at radius 3 is 2.53 bits per heavy atom. The highest BCUT2D eigenvalue weighted by Gasteiger charge is 2.18. The summed E-state index contributed by atoms with van der Waals surface area (Å²) in [5, 5.41) is 13.0. The molecule has 0 aliphatic rings. The fourth-order valence-corrected chi connectivity index (χ4v) is 1.98. The lowest BCUT2D eigenvalue weighted by Gasteiger charge is -2.19. The van der Waals surface area contributed by atoms with Gasteiger partial charge in [0, 0.05) is 12.6 Å². The van der Waals surface area contributed by atoms with Crippen molar-refractivity contribution in [3.63, 3.8) is 0 Å². The first-order valence-corrected chi connectivity index (χ1v) is 6.56. The average Bonchev–Trinajstić information content (AvgIpc) is 2.38. The predicted molar refractivity (Wildman–Crippen MR) is 72.8 cm³/mol. The van der Waals surface area contributed by atoms with Crippen LogP contribution in [0.15, 0.2) is 30.9 Å². The Bertz CT molecular complexity index is 389. The van der Waals surface area contributed by atoms with Crippen molar-refractivity contribution in [1.29, 1.82) is 0 Å². The molecule has 0 saturated carbocycles. The van der Waals surface area contributed by atoms with Crippen molar-refractivity contribution in [1.82, 2.24) is 5.32 Å². The van der Waals surface area contributed by atoms with Gasteiger partial charge in [-0.1, -0.05) is 19.1 Å². The molecule has 0 aromatic heterocycles. The van der Waals surface area contributed by atoms with Crippen LogP contribution in [0.4, 0.5) is 8.78 Å². The summed E-state index contributed by atoms with van der Waals surface area (Å²) < 4.78 is 26.9. The van der Waals surface area contributed by atoms with Crippen LogP contribution < -0.4 is 5.32 Å². The monoisotopic (exact) mass is 269 g/mol. The molecule has 0 amide bonds. The maximum atomic E-state index is 13.5. The zero-order valence-corrected chi connectivity index (χ0v) is 11.2. The van der Waals surface area contributed by atoms with Gasteiger partial charge in [-0.15, -0.1) is 6.58 Å². The molecule has 19 heavy (non-hydrogen) atoms. The molecule has 0 bridgehead atoms. The van der Waals surface area contributed by atoms with Gasteiger partial charge in [-0.25, -0.2) is 8.78 Å². The van der Waals surface area contributed by atoms with Gasteiger partial charge in [-0.3, -0.25) is 0 Å². The SMILES string of the molecule is C=CCCC(CC)NCC(O)c1c(F)cccc1F. The van der Waals surface area contributed by atoms with Gasteiger partial charge in [0.1, 0.15) is 11.6 Å². The van der Waals surface area contributed by atoms with Crippen molar-refractivity contribution in [3.05, 3.63) is 48.1 Å². The zero-order valence-electron chi connectivity index (χ0n) is 11.2. The van der Waals surface area contributed by atoms with Gasteiger partial charge in [0.2, 0.25) is 0 Å². The van der Waals surface area contributed by atoms with E-state index in [4.69, 9.17) is 0 Å². The van der Waals surface area contributed by atoms with Crippen molar-refractivity contribution in [2.24, 2.45) is 0 Å². The number of hydrogen-bond donors (Lipinski definition) is 2. The van der Waals surface area contributed by atoms with Gasteiger partial charge in [-0.05, 0) is 31.4 Å². The van der Waals surface area contributed by atoms with Crippen LogP contribution in [0, 0.1) is 11.6 Å². The average molecular weight is 269 g/mol. The highest BCUT2D eigenvalue weighted by molar-refractivity contribution is 5.22. The summed E-state index contributed by atoms with van der Waals surface area (Å²) in [5.74, 6) is -1.43. The number of rotatable bonds is 8. The minimum absolute atomic E-state index is 0.132. The molecule has 0 saturated heterocycles. The van der Waals surface area contributed by atoms with E-state index in [2.05, 4.69) is 11.9 Å². The van der Waals surface area contributed by atoms with Crippen molar-refractivity contribution in [2.45, 2.75) is 38.3 Å². The Morgan fingerprint density at radius 1 is 1.37 bits per heavy atom. The number of nitrogens with one attached hydrogen (secondary N) is 1. The Labute approximate surface area is 113 Å². The number of aliphatic hydroxyl groups is 1. The predicted octanol–water partition coefficient (Wildman–Crippen LogP) is 3.33. The van der Waals surface area contributed by atoms with Gasteiger partial charge >= 0.3 is 0 Å². The van der Waals surface area contributed by atoms with E-state index in [-0.39, 0.29) is 18.2 Å². The van der Waals surface area contributed by atoms with Crippen LogP contribution in [0.1, 0.15) is 37.9 Å². The van der Waals surface area contributed by atoms with E-state index in [1.807, 2.05) is 13.0 Å². The normalized spacial score (nSPS) is 14.1. The van der Waals surface area contributed by atoms with Crippen LogP contribution in [-0.2, 0) is 0 Å². The van der Waals surface area contributed by atoms with Gasteiger partial charge in [0.25, 0.3) is 0 Å². The summed E-state index contributed by atoms with van der Waals surface area (Å²) in [6, 6.07) is 3.79. The maximum Gasteiger partial charge on any atom is 0.131 e. The smallest absolute Gasteiger partial charge is 0.131 e. The summed E-state index contributed by atoms with van der Waals surface area (Å²) >= 11 is 0. The van der Waals surface area contributed by atoms with Gasteiger partial charge < -0.3 is 10.4 Å². The summed E-state index contributed by atoms with van der Waals surface area (Å²) in [6.45, 7) is 5.81. The molecule has 4 heteroatoms. The van der Waals surface area contributed by atoms with E-state index in [0.717, 1.165) is 31.4 Å². The van der Waals surface area contributed by atoms with Crippen molar-refractivity contribution in [2.75, 3.05) is 6.54 Å². The standard InChI is InChI=1S/C15H21F2NO/c1-3-5-7-11(4-2)18-10-14(19)15-12(16)8-6-9-13(15)17/h3,6,8-9,11,14,18-19H,1,4-5,7,10H2,2H3. The van der Waals surface area contributed by atoms with E-state index in [9.17, 15) is 13.9 Å². The Balaban J connectivity index is 2.59. The summed E-state index contributed by atoms with van der Waals surface area (Å²) in [7, 11) is 0. The summed E-state index contributed by atoms with van der Waals surface area (Å²) in [6.07, 6.45) is 3.30. The third-order valence-electron chi connectivity index (χ3n) is 3.14. The molecule has 2 nitrogen and oxygen atoms in total. The molecule has 1 rings (SSSR count). The molecule has 0 spiro atoms. The number of aliphatic hydroxyl groups excluding tert-OH is 1. The van der Waals surface area contributed by atoms with E-state index in [0.29, 0.717) is 0 Å². The number of allylic oxidation sites excluding steroid dienone is 1. The third kappa shape index (κ3) is 4.73. The maximum absolute atomic E-state index is 13.5. The summed E-state index contributed by atoms with van der Waals surface area (Å²) in [5.41, 5.74) is -0.270. The lowest BCUT2D eigenvalue weighted by atomic mass is 10.1. The molecular formula is C15H21F2NO. The van der Waals surface area contributed by atoms with Crippen molar-refractivity contribution < 1.29 is 13.9 Å². The molecule has 0 aliphatic heterocycles. The van der Waals surface area contributed by atoms with Gasteiger partial charge in [0.05, 0.1) is 11.7 Å². The minimum atomic E-state index is -1.18. The molecular weight excluding hydrogens is 248 g/mol. The molecule has 2 unspecified atom stereocenters. The summed E-state index contributed by atoms with van der Waals surface area (Å²) in [4.78, 5) is 0. The van der Waals surface area contributed by atoms with Crippen LogP contribution in [0.25, 0.3) is 0 Å². The fraction of sp³-hybridized carbons (Fsp3) is 0.467. The van der Waals surface area contributed by atoms with Gasteiger partial charge in [0.15, 0.2) is 0 Å².